The first-order valence-electron chi connectivity index (χ1n) is 9.06. The van der Waals surface area contributed by atoms with Gasteiger partial charge in [-0.3, -0.25) is 4.79 Å². The number of hydrogen-bond acceptors (Lipinski definition) is 4. The van der Waals surface area contributed by atoms with E-state index in [1.165, 1.54) is 0 Å². The summed E-state index contributed by atoms with van der Waals surface area (Å²) in [5, 5.41) is 9.42. The summed E-state index contributed by atoms with van der Waals surface area (Å²) in [5.74, 6) is 1.60. The van der Waals surface area contributed by atoms with Crippen molar-refractivity contribution in [2.24, 2.45) is 0 Å². The van der Waals surface area contributed by atoms with E-state index in [2.05, 4.69) is 0 Å². The maximum absolute atomic E-state index is 13.0. The van der Waals surface area contributed by atoms with Gasteiger partial charge in [-0.25, -0.2) is 0 Å². The molecule has 1 aliphatic rings. The number of Topliss-reactive ketones (excluding diaryl/α,β-unsaturated/α-hetero) is 1. The van der Waals surface area contributed by atoms with E-state index in [0.717, 1.165) is 28.0 Å². The molecule has 0 heterocycles. The van der Waals surface area contributed by atoms with Crippen LogP contribution in [0.2, 0.25) is 0 Å². The molecule has 0 atom stereocenters. The number of ether oxygens (including phenoxy) is 2. The van der Waals surface area contributed by atoms with Gasteiger partial charge in [-0.15, -0.1) is 0 Å². The summed E-state index contributed by atoms with van der Waals surface area (Å²) < 4.78 is 11.1. The van der Waals surface area contributed by atoms with E-state index in [1.807, 2.05) is 48.5 Å². The van der Waals surface area contributed by atoms with Crippen LogP contribution < -0.4 is 9.47 Å². The number of fused-ring (bicyclic) bond motifs is 1. The SMILES string of the molecule is COc1ccc(COc2cccc3c2C(=O)/C(=C/c2ccc(O)cc2)C3)cc1. The van der Waals surface area contributed by atoms with Crippen molar-refractivity contribution in [2.75, 3.05) is 7.11 Å². The predicted octanol–water partition coefficient (Wildman–Crippen LogP) is 4.80. The molecule has 0 aromatic heterocycles. The van der Waals surface area contributed by atoms with Crippen LogP contribution >= 0.6 is 0 Å². The number of aromatic hydroxyl groups is 1. The van der Waals surface area contributed by atoms with Crippen molar-refractivity contribution in [1.29, 1.82) is 0 Å². The van der Waals surface area contributed by atoms with Gasteiger partial charge in [-0.1, -0.05) is 36.4 Å². The zero-order valence-corrected chi connectivity index (χ0v) is 15.5. The molecule has 4 heteroatoms. The Kier molecular flexibility index (Phi) is 4.85. The first-order valence-corrected chi connectivity index (χ1v) is 9.06. The summed E-state index contributed by atoms with van der Waals surface area (Å²) in [7, 11) is 1.63. The summed E-state index contributed by atoms with van der Waals surface area (Å²) in [6.45, 7) is 0.380. The topological polar surface area (TPSA) is 55.8 Å². The highest BCUT2D eigenvalue weighted by Crippen LogP contribution is 2.35. The predicted molar refractivity (Wildman–Crippen MR) is 108 cm³/mol. The Morgan fingerprint density at radius 1 is 1.00 bits per heavy atom. The summed E-state index contributed by atoms with van der Waals surface area (Å²) in [4.78, 5) is 13.0. The van der Waals surface area contributed by atoms with Gasteiger partial charge in [0.1, 0.15) is 23.9 Å². The van der Waals surface area contributed by atoms with Crippen molar-refractivity contribution >= 4 is 11.9 Å². The standard InChI is InChI=1S/C24H20O4/c1-27-21-11-7-17(8-12-21)15-28-22-4-2-3-18-14-19(24(26)23(18)22)13-16-5-9-20(25)10-6-16/h2-13,25H,14-15H2,1H3/b19-13+. The molecule has 0 saturated carbocycles. The van der Waals surface area contributed by atoms with Crippen molar-refractivity contribution < 1.29 is 19.4 Å². The average Bonchev–Trinajstić information content (AvgIpc) is 3.04. The van der Waals surface area contributed by atoms with E-state index >= 15 is 0 Å². The molecule has 140 valence electrons. The van der Waals surface area contributed by atoms with E-state index in [4.69, 9.17) is 9.47 Å². The molecule has 1 N–H and O–H groups in total. The van der Waals surface area contributed by atoms with E-state index < -0.39 is 0 Å². The number of allylic oxidation sites excluding steroid dienone is 1. The maximum atomic E-state index is 13.0. The van der Waals surface area contributed by atoms with Crippen molar-refractivity contribution in [1.82, 2.24) is 0 Å². The molecule has 0 radical (unpaired) electrons. The van der Waals surface area contributed by atoms with Gasteiger partial charge in [0.25, 0.3) is 0 Å². The fourth-order valence-corrected chi connectivity index (χ4v) is 3.32. The Labute approximate surface area is 163 Å². The van der Waals surface area contributed by atoms with Crippen LogP contribution in [0.4, 0.5) is 0 Å². The van der Waals surface area contributed by atoms with Crippen LogP contribution in [0.1, 0.15) is 27.0 Å². The third kappa shape index (κ3) is 3.62. The molecule has 0 amide bonds. The van der Waals surface area contributed by atoms with Crippen LogP contribution in [0, 0.1) is 0 Å². The molecule has 0 spiro atoms. The molecule has 28 heavy (non-hydrogen) atoms. The number of phenols is 1. The number of phenolic OH excluding ortho intramolecular Hbond substituents is 1. The molecule has 4 nitrogen and oxygen atoms in total. The Hall–Kier alpha value is -3.53. The molecule has 0 saturated heterocycles. The second-order valence-corrected chi connectivity index (χ2v) is 6.69. The quantitative estimate of drug-likeness (QED) is 0.654. The molecular formula is C24H20O4. The Morgan fingerprint density at radius 3 is 2.46 bits per heavy atom. The second-order valence-electron chi connectivity index (χ2n) is 6.69. The molecule has 3 aromatic carbocycles. The van der Waals surface area contributed by atoms with Crippen molar-refractivity contribution in [3.63, 3.8) is 0 Å². The molecule has 0 bridgehead atoms. The fourth-order valence-electron chi connectivity index (χ4n) is 3.32. The van der Waals surface area contributed by atoms with Gasteiger partial charge in [-0.05, 0) is 53.1 Å². The van der Waals surface area contributed by atoms with Gasteiger partial charge in [0.15, 0.2) is 5.78 Å². The van der Waals surface area contributed by atoms with Crippen molar-refractivity contribution in [3.05, 3.63) is 94.6 Å². The summed E-state index contributed by atoms with van der Waals surface area (Å²) in [6.07, 6.45) is 2.45. The molecule has 4 rings (SSSR count). The lowest BCUT2D eigenvalue weighted by molar-refractivity contribution is 0.103. The van der Waals surface area contributed by atoms with Gasteiger partial charge in [0.05, 0.1) is 12.7 Å². The number of hydrogen-bond donors (Lipinski definition) is 1. The first kappa shape index (κ1) is 17.9. The monoisotopic (exact) mass is 372 g/mol. The largest absolute Gasteiger partial charge is 0.508 e. The average molecular weight is 372 g/mol. The van der Waals surface area contributed by atoms with E-state index in [1.54, 1.807) is 31.4 Å². The van der Waals surface area contributed by atoms with Gasteiger partial charge in [-0.2, -0.15) is 0 Å². The van der Waals surface area contributed by atoms with Crippen LogP contribution in [0.15, 0.2) is 72.3 Å². The smallest absolute Gasteiger partial charge is 0.193 e. The van der Waals surface area contributed by atoms with Gasteiger partial charge in [0, 0.05) is 12.0 Å². The van der Waals surface area contributed by atoms with Crippen LogP contribution in [0.5, 0.6) is 17.2 Å². The molecular weight excluding hydrogens is 352 g/mol. The highest BCUT2D eigenvalue weighted by molar-refractivity contribution is 6.17. The lowest BCUT2D eigenvalue weighted by atomic mass is 10.1. The van der Waals surface area contributed by atoms with Crippen LogP contribution in [-0.4, -0.2) is 18.0 Å². The zero-order chi connectivity index (χ0) is 19.5. The van der Waals surface area contributed by atoms with Crippen molar-refractivity contribution in [3.8, 4) is 17.2 Å². The Balaban J connectivity index is 1.55. The van der Waals surface area contributed by atoms with Crippen molar-refractivity contribution in [2.45, 2.75) is 13.0 Å². The maximum Gasteiger partial charge on any atom is 0.193 e. The Morgan fingerprint density at radius 2 is 1.75 bits per heavy atom. The van der Waals surface area contributed by atoms with E-state index in [9.17, 15) is 9.90 Å². The lowest BCUT2D eigenvalue weighted by Gasteiger charge is -2.10. The van der Waals surface area contributed by atoms with Crippen LogP contribution in [-0.2, 0) is 13.0 Å². The zero-order valence-electron chi connectivity index (χ0n) is 15.5. The first-order chi connectivity index (χ1) is 13.6. The fraction of sp³-hybridized carbons (Fsp3) is 0.125. The number of ketones is 1. The minimum Gasteiger partial charge on any atom is -0.508 e. The minimum atomic E-state index is -0.00611. The summed E-state index contributed by atoms with van der Waals surface area (Å²) in [5.41, 5.74) is 4.22. The third-order valence-electron chi connectivity index (χ3n) is 4.80. The van der Waals surface area contributed by atoms with Crippen LogP contribution in [0.3, 0.4) is 0 Å². The third-order valence-corrected chi connectivity index (χ3v) is 4.80. The van der Waals surface area contributed by atoms with E-state index in [-0.39, 0.29) is 11.5 Å². The number of benzene rings is 3. The van der Waals surface area contributed by atoms with Gasteiger partial charge in [0.2, 0.25) is 0 Å². The summed E-state index contributed by atoms with van der Waals surface area (Å²) >= 11 is 0. The molecule has 3 aromatic rings. The van der Waals surface area contributed by atoms with Crippen LogP contribution in [0.25, 0.3) is 6.08 Å². The highest BCUT2D eigenvalue weighted by Gasteiger charge is 2.28. The molecule has 0 unspecified atom stereocenters. The molecule has 0 fully saturated rings. The number of methoxy groups -OCH3 is 1. The number of carbonyl (C=O) groups is 1. The number of carbonyl (C=O) groups excluding carboxylic acids is 1. The number of rotatable bonds is 5. The van der Waals surface area contributed by atoms with Gasteiger partial charge < -0.3 is 14.6 Å². The second kappa shape index (κ2) is 7.61. The Bertz CT molecular complexity index is 1030. The lowest BCUT2D eigenvalue weighted by Crippen LogP contribution is -2.02. The highest BCUT2D eigenvalue weighted by atomic mass is 16.5. The van der Waals surface area contributed by atoms with E-state index in [0.29, 0.717) is 24.3 Å². The molecule has 0 aliphatic heterocycles. The minimum absolute atomic E-state index is 0.00611. The molecule has 1 aliphatic carbocycles. The normalized spacial score (nSPS) is 14.2. The van der Waals surface area contributed by atoms with Gasteiger partial charge >= 0.3 is 0 Å². The summed E-state index contributed by atoms with van der Waals surface area (Å²) in [6, 6.07) is 20.2.